The van der Waals surface area contributed by atoms with Gasteiger partial charge < -0.3 is 9.64 Å². The van der Waals surface area contributed by atoms with Gasteiger partial charge in [-0.2, -0.15) is 0 Å². The van der Waals surface area contributed by atoms with Crippen LogP contribution in [0.2, 0.25) is 0 Å². The van der Waals surface area contributed by atoms with Crippen molar-refractivity contribution in [1.29, 1.82) is 0 Å². The van der Waals surface area contributed by atoms with E-state index in [4.69, 9.17) is 4.74 Å². The first-order chi connectivity index (χ1) is 9.52. The van der Waals surface area contributed by atoms with E-state index in [1.807, 2.05) is 0 Å². The Hall–Kier alpha value is -1.91. The largest absolute Gasteiger partial charge is 0.469 e. The van der Waals surface area contributed by atoms with Crippen LogP contribution >= 0.6 is 0 Å². The molecule has 1 aromatic carbocycles. The van der Waals surface area contributed by atoms with E-state index in [1.54, 1.807) is 17.9 Å². The summed E-state index contributed by atoms with van der Waals surface area (Å²) in [5.41, 5.74) is 0.871. The minimum atomic E-state index is -0.495. The van der Waals surface area contributed by atoms with Crippen molar-refractivity contribution in [3.8, 4) is 0 Å². The number of aryl methyl sites for hydroxylation is 1. The molecule has 0 aromatic heterocycles. The lowest BCUT2D eigenvalue weighted by Crippen LogP contribution is -2.40. The number of hydrogen-bond donors (Lipinski definition) is 0. The summed E-state index contributed by atoms with van der Waals surface area (Å²) >= 11 is 0. The van der Waals surface area contributed by atoms with E-state index in [0.29, 0.717) is 25.9 Å². The maximum atomic E-state index is 13.8. The number of carbonyl (C=O) groups excluding carboxylic acids is 2. The molecule has 0 atom stereocenters. The number of likely N-dealkylation sites (tertiary alicyclic amines) is 1. The topological polar surface area (TPSA) is 46.6 Å². The van der Waals surface area contributed by atoms with Gasteiger partial charge in [-0.3, -0.25) is 9.59 Å². The Morgan fingerprint density at radius 2 is 1.95 bits per heavy atom. The molecule has 0 saturated carbocycles. The first kappa shape index (κ1) is 14.5. The van der Waals surface area contributed by atoms with Crippen molar-refractivity contribution in [2.75, 3.05) is 20.2 Å². The van der Waals surface area contributed by atoms with Crippen molar-refractivity contribution < 1.29 is 18.7 Å². The highest BCUT2D eigenvalue weighted by Gasteiger charge is 2.29. The fourth-order valence-corrected chi connectivity index (χ4v) is 2.45. The minimum absolute atomic E-state index is 0.0899. The number of hydrogen-bond acceptors (Lipinski definition) is 3. The summed E-state index contributed by atoms with van der Waals surface area (Å²) in [4.78, 5) is 25.3. The van der Waals surface area contributed by atoms with Crippen molar-refractivity contribution >= 4 is 11.9 Å². The van der Waals surface area contributed by atoms with E-state index in [2.05, 4.69) is 0 Å². The van der Waals surface area contributed by atoms with Gasteiger partial charge >= 0.3 is 5.97 Å². The van der Waals surface area contributed by atoms with Crippen molar-refractivity contribution in [2.45, 2.75) is 19.8 Å². The summed E-state index contributed by atoms with van der Waals surface area (Å²) in [5.74, 6) is -1.21. The highest BCUT2D eigenvalue weighted by molar-refractivity contribution is 5.94. The van der Waals surface area contributed by atoms with Gasteiger partial charge in [0.2, 0.25) is 0 Å². The third-order valence-corrected chi connectivity index (χ3v) is 3.67. The van der Waals surface area contributed by atoms with Gasteiger partial charge in [-0.25, -0.2) is 4.39 Å². The van der Waals surface area contributed by atoms with Crippen LogP contribution in [0.1, 0.15) is 28.8 Å². The highest BCUT2D eigenvalue weighted by atomic mass is 19.1. The lowest BCUT2D eigenvalue weighted by Gasteiger charge is -2.30. The van der Waals surface area contributed by atoms with Crippen LogP contribution in [-0.2, 0) is 9.53 Å². The van der Waals surface area contributed by atoms with Crippen molar-refractivity contribution in [3.63, 3.8) is 0 Å². The van der Waals surface area contributed by atoms with E-state index in [-0.39, 0.29) is 23.4 Å². The monoisotopic (exact) mass is 279 g/mol. The maximum Gasteiger partial charge on any atom is 0.308 e. The van der Waals surface area contributed by atoms with Gasteiger partial charge in [-0.1, -0.05) is 6.07 Å². The fraction of sp³-hybridized carbons (Fsp3) is 0.467. The fourth-order valence-electron chi connectivity index (χ4n) is 2.45. The smallest absolute Gasteiger partial charge is 0.308 e. The number of methoxy groups -OCH3 is 1. The summed E-state index contributed by atoms with van der Waals surface area (Å²) in [5, 5.41) is 0. The Morgan fingerprint density at radius 3 is 2.50 bits per heavy atom. The zero-order chi connectivity index (χ0) is 14.7. The standard InChI is InChI=1S/C15H18FNO3/c1-10-3-4-12(13(16)9-10)14(18)17-7-5-11(6-8-17)15(19)20-2/h3-4,9,11H,5-8H2,1-2H3. The van der Waals surface area contributed by atoms with Crippen LogP contribution in [0.4, 0.5) is 4.39 Å². The quantitative estimate of drug-likeness (QED) is 0.779. The number of ether oxygens (including phenoxy) is 1. The summed E-state index contributed by atoms with van der Waals surface area (Å²) in [6, 6.07) is 4.59. The molecule has 1 aromatic rings. The zero-order valence-electron chi connectivity index (χ0n) is 11.7. The van der Waals surface area contributed by atoms with Gasteiger partial charge in [0.15, 0.2) is 0 Å². The van der Waals surface area contributed by atoms with Gasteiger partial charge in [-0.05, 0) is 37.5 Å². The molecule has 1 heterocycles. The van der Waals surface area contributed by atoms with Gasteiger partial charge in [-0.15, -0.1) is 0 Å². The minimum Gasteiger partial charge on any atom is -0.469 e. The molecular formula is C15H18FNO3. The molecule has 0 unspecified atom stereocenters. The molecule has 20 heavy (non-hydrogen) atoms. The van der Waals surface area contributed by atoms with Gasteiger partial charge in [0.25, 0.3) is 5.91 Å². The highest BCUT2D eigenvalue weighted by Crippen LogP contribution is 2.21. The SMILES string of the molecule is COC(=O)C1CCN(C(=O)c2ccc(C)cc2F)CC1. The average molecular weight is 279 g/mol. The second kappa shape index (κ2) is 6.03. The molecule has 1 aliphatic heterocycles. The number of amides is 1. The molecule has 2 rings (SSSR count). The van der Waals surface area contributed by atoms with Gasteiger partial charge in [0, 0.05) is 13.1 Å². The van der Waals surface area contributed by atoms with Crippen molar-refractivity contribution in [2.24, 2.45) is 5.92 Å². The second-order valence-electron chi connectivity index (χ2n) is 5.07. The van der Waals surface area contributed by atoms with E-state index in [9.17, 15) is 14.0 Å². The molecule has 5 heteroatoms. The van der Waals surface area contributed by atoms with Crippen molar-refractivity contribution in [3.05, 3.63) is 35.1 Å². The molecule has 1 aliphatic rings. The Kier molecular flexibility index (Phi) is 4.37. The number of esters is 1. The third kappa shape index (κ3) is 2.98. The van der Waals surface area contributed by atoms with Crippen LogP contribution in [0.15, 0.2) is 18.2 Å². The number of nitrogens with zero attached hydrogens (tertiary/aromatic N) is 1. The summed E-state index contributed by atoms with van der Waals surface area (Å²) < 4.78 is 18.5. The van der Waals surface area contributed by atoms with E-state index < -0.39 is 5.82 Å². The molecule has 0 bridgehead atoms. The Labute approximate surface area is 117 Å². The molecule has 0 aliphatic carbocycles. The molecule has 108 valence electrons. The average Bonchev–Trinajstić information content (AvgIpc) is 2.46. The lowest BCUT2D eigenvalue weighted by molar-refractivity contribution is -0.146. The second-order valence-corrected chi connectivity index (χ2v) is 5.07. The number of benzene rings is 1. The van der Waals surface area contributed by atoms with Crippen LogP contribution in [0, 0.1) is 18.7 Å². The van der Waals surface area contributed by atoms with Crippen LogP contribution in [0.25, 0.3) is 0 Å². The van der Waals surface area contributed by atoms with Crippen molar-refractivity contribution in [1.82, 2.24) is 4.90 Å². The predicted octanol–water partition coefficient (Wildman–Crippen LogP) is 2.16. The van der Waals surface area contributed by atoms with Crippen LogP contribution < -0.4 is 0 Å². The number of halogens is 1. The summed E-state index contributed by atoms with van der Waals surface area (Å²) in [6.45, 7) is 2.68. The molecule has 4 nitrogen and oxygen atoms in total. The summed E-state index contributed by atoms with van der Waals surface area (Å²) in [6.07, 6.45) is 1.12. The van der Waals surface area contributed by atoms with Crippen LogP contribution in [-0.4, -0.2) is 37.0 Å². The van der Waals surface area contributed by atoms with Crippen LogP contribution in [0.3, 0.4) is 0 Å². The number of carbonyl (C=O) groups is 2. The Bertz CT molecular complexity index is 522. The van der Waals surface area contributed by atoms with E-state index in [0.717, 1.165) is 5.56 Å². The molecule has 1 saturated heterocycles. The first-order valence-electron chi connectivity index (χ1n) is 6.66. The molecule has 0 radical (unpaired) electrons. The molecular weight excluding hydrogens is 261 g/mol. The molecule has 0 N–H and O–H groups in total. The predicted molar refractivity (Wildman–Crippen MR) is 71.8 cm³/mol. The number of rotatable bonds is 2. The summed E-state index contributed by atoms with van der Waals surface area (Å²) in [7, 11) is 1.36. The molecule has 1 amide bonds. The molecule has 0 spiro atoms. The normalized spacial score (nSPS) is 16.1. The Balaban J connectivity index is 2.03. The zero-order valence-corrected chi connectivity index (χ0v) is 11.7. The van der Waals surface area contributed by atoms with Crippen LogP contribution in [0.5, 0.6) is 0 Å². The first-order valence-corrected chi connectivity index (χ1v) is 6.66. The van der Waals surface area contributed by atoms with Gasteiger partial charge in [0.05, 0.1) is 18.6 Å². The lowest BCUT2D eigenvalue weighted by atomic mass is 9.96. The molecule has 1 fully saturated rings. The van der Waals surface area contributed by atoms with E-state index in [1.165, 1.54) is 19.2 Å². The van der Waals surface area contributed by atoms with Gasteiger partial charge in [0.1, 0.15) is 5.82 Å². The third-order valence-electron chi connectivity index (χ3n) is 3.67. The number of piperidine rings is 1. The maximum absolute atomic E-state index is 13.8. The Morgan fingerprint density at radius 1 is 1.30 bits per heavy atom. The van der Waals surface area contributed by atoms with E-state index >= 15 is 0 Å².